The van der Waals surface area contributed by atoms with Crippen molar-refractivity contribution in [2.24, 2.45) is 14.1 Å². The summed E-state index contributed by atoms with van der Waals surface area (Å²) in [4.78, 5) is 22.5. The zero-order valence-electron chi connectivity index (χ0n) is 24.3. The third-order valence-corrected chi connectivity index (χ3v) is 7.69. The molecule has 1 aliphatic heterocycles. The lowest BCUT2D eigenvalue weighted by Gasteiger charge is -2.32. The quantitative estimate of drug-likeness (QED) is 0.170. The second-order valence-corrected chi connectivity index (χ2v) is 12.0. The van der Waals surface area contributed by atoms with Crippen molar-refractivity contribution in [1.82, 2.24) is 9.13 Å². The van der Waals surface area contributed by atoms with E-state index in [0.29, 0.717) is 5.56 Å². The number of nitrogen functional groups attached to an aromatic ring is 2. The summed E-state index contributed by atoms with van der Waals surface area (Å²) in [6, 6.07) is 15.7. The first-order chi connectivity index (χ1) is 19.5. The van der Waals surface area contributed by atoms with Crippen LogP contribution in [0.4, 0.5) is 20.2 Å². The Hall–Kier alpha value is -3.49. The van der Waals surface area contributed by atoms with Crippen LogP contribution in [-0.4, -0.2) is 27.5 Å². The Labute approximate surface area is 264 Å². The van der Waals surface area contributed by atoms with Gasteiger partial charge in [0.2, 0.25) is 11.1 Å². The number of aromatic nitrogens is 2. The zero-order valence-corrected chi connectivity index (χ0v) is 26.5. The number of pyridine rings is 2. The lowest BCUT2D eigenvalue weighted by molar-refractivity contribution is 0.00578. The van der Waals surface area contributed by atoms with Crippen molar-refractivity contribution in [3.05, 3.63) is 109 Å². The predicted molar refractivity (Wildman–Crippen MR) is 179 cm³/mol. The SMILES string of the molecule is C.Cn1cc(-c2ccc(N)c(F)c2)ccc1=O.Cn1cc(B2OC(C)(C)C(C)(C)O2)ccc1=O.Nc1ccc(I)cc1F. The minimum atomic E-state index is -0.452. The molecule has 4 aromatic rings. The maximum atomic E-state index is 13.3. The maximum absolute atomic E-state index is 13.3. The molecule has 230 valence electrons. The summed E-state index contributed by atoms with van der Waals surface area (Å²) in [6.07, 6.45) is 3.41. The molecular weight excluding hydrogens is 668 g/mol. The minimum Gasteiger partial charge on any atom is -0.399 e. The topological polar surface area (TPSA) is 114 Å². The molecule has 1 saturated heterocycles. The normalized spacial score (nSPS) is 14.5. The van der Waals surface area contributed by atoms with E-state index >= 15 is 0 Å². The Morgan fingerprint density at radius 1 is 0.721 bits per heavy atom. The number of aryl methyl sites for hydroxylation is 2. The van der Waals surface area contributed by atoms with Gasteiger partial charge in [-0.3, -0.25) is 9.59 Å². The number of halogens is 3. The average molecular weight is 706 g/mol. The van der Waals surface area contributed by atoms with Gasteiger partial charge in [0.1, 0.15) is 11.6 Å². The Morgan fingerprint density at radius 3 is 1.65 bits per heavy atom. The predicted octanol–water partition coefficient (Wildman–Crippen LogP) is 5.11. The number of nitrogens with two attached hydrogens (primary N) is 2. The van der Waals surface area contributed by atoms with E-state index in [1.807, 2.05) is 50.3 Å². The van der Waals surface area contributed by atoms with Gasteiger partial charge in [-0.1, -0.05) is 19.6 Å². The molecule has 8 nitrogen and oxygen atoms in total. The van der Waals surface area contributed by atoms with Crippen LogP contribution in [0.2, 0.25) is 0 Å². The Kier molecular flexibility index (Phi) is 11.9. The summed E-state index contributed by atoms with van der Waals surface area (Å²) < 4.78 is 41.4. The molecule has 1 aliphatic rings. The summed E-state index contributed by atoms with van der Waals surface area (Å²) in [5, 5.41) is 0. The molecule has 2 aromatic heterocycles. The molecule has 0 atom stereocenters. The van der Waals surface area contributed by atoms with Crippen LogP contribution < -0.4 is 28.0 Å². The zero-order chi connectivity index (χ0) is 31.4. The standard InChI is InChI=1S/C12H18BNO3.C12H11FN2O.C6H5FIN.CH4/c1-11(2)12(3,4)17-13(16-11)9-6-7-10(15)14(5)8-9;1-15-7-9(3-5-12(15)16)8-2-4-11(14)10(13)6-8;7-5-3-4(8)1-2-6(5)9;/h6-8H,1-5H3;2-7H,14H2,1H3;1-3H,9H2;1H4. The highest BCUT2D eigenvalue weighted by Gasteiger charge is 2.51. The van der Waals surface area contributed by atoms with Crippen molar-refractivity contribution in [2.45, 2.75) is 46.3 Å². The monoisotopic (exact) mass is 706 g/mol. The summed E-state index contributed by atoms with van der Waals surface area (Å²) in [5.74, 6) is -0.798. The van der Waals surface area contributed by atoms with Gasteiger partial charge in [0.15, 0.2) is 0 Å². The molecular formula is C31H38BF2IN4O4. The molecule has 2 aromatic carbocycles. The molecule has 0 amide bonds. The van der Waals surface area contributed by atoms with Crippen LogP contribution in [0.3, 0.4) is 0 Å². The van der Waals surface area contributed by atoms with Gasteiger partial charge in [0.25, 0.3) is 0 Å². The van der Waals surface area contributed by atoms with Crippen molar-refractivity contribution >= 4 is 46.5 Å². The van der Waals surface area contributed by atoms with E-state index < -0.39 is 12.9 Å². The molecule has 1 fully saturated rings. The molecule has 0 saturated carbocycles. The van der Waals surface area contributed by atoms with Crippen molar-refractivity contribution in [3.63, 3.8) is 0 Å². The van der Waals surface area contributed by atoms with E-state index in [-0.39, 0.29) is 46.9 Å². The molecule has 5 rings (SSSR count). The second kappa shape index (κ2) is 14.3. The lowest BCUT2D eigenvalue weighted by atomic mass is 9.80. The highest BCUT2D eigenvalue weighted by atomic mass is 127. The number of rotatable bonds is 2. The van der Waals surface area contributed by atoms with Crippen molar-refractivity contribution in [2.75, 3.05) is 11.5 Å². The molecule has 3 heterocycles. The second-order valence-electron chi connectivity index (χ2n) is 10.8. The van der Waals surface area contributed by atoms with Crippen LogP contribution in [-0.2, 0) is 23.4 Å². The molecule has 0 unspecified atom stereocenters. The highest BCUT2D eigenvalue weighted by Crippen LogP contribution is 2.36. The first-order valence-electron chi connectivity index (χ1n) is 13.0. The van der Waals surface area contributed by atoms with Crippen LogP contribution in [0.15, 0.2) is 82.6 Å². The van der Waals surface area contributed by atoms with Crippen LogP contribution in [0.5, 0.6) is 0 Å². The van der Waals surface area contributed by atoms with E-state index in [9.17, 15) is 18.4 Å². The fourth-order valence-electron chi connectivity index (χ4n) is 3.71. The smallest absolute Gasteiger partial charge is 0.399 e. The van der Waals surface area contributed by atoms with Gasteiger partial charge >= 0.3 is 7.12 Å². The van der Waals surface area contributed by atoms with Crippen molar-refractivity contribution in [3.8, 4) is 11.1 Å². The van der Waals surface area contributed by atoms with Gasteiger partial charge in [-0.2, -0.15) is 0 Å². The van der Waals surface area contributed by atoms with Crippen LogP contribution in [0.1, 0.15) is 35.1 Å². The molecule has 0 radical (unpaired) electrons. The van der Waals surface area contributed by atoms with Gasteiger partial charge in [-0.15, -0.1) is 0 Å². The first-order valence-corrected chi connectivity index (χ1v) is 14.0. The van der Waals surface area contributed by atoms with Crippen LogP contribution >= 0.6 is 22.6 Å². The molecule has 0 spiro atoms. The molecule has 43 heavy (non-hydrogen) atoms. The Balaban J connectivity index is 0.000000233. The minimum absolute atomic E-state index is 0. The summed E-state index contributed by atoms with van der Waals surface area (Å²) in [5.41, 5.74) is 12.4. The Bertz CT molecular complexity index is 1680. The summed E-state index contributed by atoms with van der Waals surface area (Å²) in [7, 11) is 2.96. The third kappa shape index (κ3) is 9.01. The van der Waals surface area contributed by atoms with E-state index in [0.717, 1.165) is 14.6 Å². The number of nitrogens with zero attached hydrogens (tertiary/aromatic N) is 2. The molecule has 0 bridgehead atoms. The first kappa shape index (κ1) is 35.7. The average Bonchev–Trinajstić information content (AvgIpc) is 3.14. The third-order valence-electron chi connectivity index (χ3n) is 7.02. The van der Waals surface area contributed by atoms with E-state index in [4.69, 9.17) is 20.8 Å². The summed E-state index contributed by atoms with van der Waals surface area (Å²) in [6.45, 7) is 8.04. The summed E-state index contributed by atoms with van der Waals surface area (Å²) >= 11 is 2.03. The molecule has 4 N–H and O–H groups in total. The number of anilines is 2. The van der Waals surface area contributed by atoms with Gasteiger partial charge in [-0.05, 0) is 103 Å². The van der Waals surface area contributed by atoms with Gasteiger partial charge in [0, 0.05) is 42.2 Å². The number of benzene rings is 2. The van der Waals surface area contributed by atoms with Gasteiger partial charge < -0.3 is 29.9 Å². The number of hydrogen-bond acceptors (Lipinski definition) is 6. The largest absolute Gasteiger partial charge is 0.496 e. The fraction of sp³-hybridized carbons (Fsp3) is 0.290. The van der Waals surface area contributed by atoms with Gasteiger partial charge in [-0.25, -0.2) is 8.78 Å². The van der Waals surface area contributed by atoms with Crippen LogP contribution in [0, 0.1) is 15.2 Å². The highest BCUT2D eigenvalue weighted by molar-refractivity contribution is 14.1. The van der Waals surface area contributed by atoms with Gasteiger partial charge in [0.05, 0.1) is 22.6 Å². The molecule has 12 heteroatoms. The van der Waals surface area contributed by atoms with Crippen molar-refractivity contribution in [1.29, 1.82) is 0 Å². The van der Waals surface area contributed by atoms with E-state index in [2.05, 4.69) is 0 Å². The van der Waals surface area contributed by atoms with E-state index in [1.165, 1.54) is 39.5 Å². The maximum Gasteiger partial charge on any atom is 0.496 e. The number of hydrogen-bond donors (Lipinski definition) is 2. The fourth-order valence-corrected chi connectivity index (χ4v) is 4.16. The Morgan fingerprint density at radius 2 is 1.19 bits per heavy atom. The van der Waals surface area contributed by atoms with E-state index in [1.54, 1.807) is 56.8 Å². The van der Waals surface area contributed by atoms with Crippen LogP contribution in [0.25, 0.3) is 11.1 Å². The van der Waals surface area contributed by atoms with Crippen molar-refractivity contribution < 1.29 is 18.1 Å². The molecule has 0 aliphatic carbocycles. The lowest BCUT2D eigenvalue weighted by Crippen LogP contribution is -2.41.